The molecule has 0 radical (unpaired) electrons. The van der Waals surface area contributed by atoms with Crippen molar-refractivity contribution in [1.82, 2.24) is 14.6 Å². The Morgan fingerprint density at radius 3 is 2.64 bits per heavy atom. The fourth-order valence-electron chi connectivity index (χ4n) is 3.16. The third kappa shape index (κ3) is 5.03. The van der Waals surface area contributed by atoms with Crippen LogP contribution in [0.25, 0.3) is 0 Å². The van der Waals surface area contributed by atoms with Gasteiger partial charge in [0.05, 0.1) is 9.92 Å². The number of nitrogens with zero attached hydrogens (tertiary/aromatic N) is 2. The second-order valence-electron chi connectivity index (χ2n) is 6.89. The number of carbonyl (C=O) groups is 1. The van der Waals surface area contributed by atoms with Gasteiger partial charge < -0.3 is 4.90 Å². The van der Waals surface area contributed by atoms with Crippen LogP contribution in [0.5, 0.6) is 0 Å². The number of piperidine rings is 1. The van der Waals surface area contributed by atoms with E-state index in [-0.39, 0.29) is 39.1 Å². The average molecular weight is 442 g/mol. The number of nitrogens with one attached hydrogen (secondary N) is 1. The van der Waals surface area contributed by atoms with Crippen LogP contribution in [0.4, 0.5) is 0 Å². The van der Waals surface area contributed by atoms with Crippen LogP contribution in [-0.2, 0) is 10.0 Å². The molecule has 0 saturated carbocycles. The second-order valence-corrected chi connectivity index (χ2v) is 9.45. The van der Waals surface area contributed by atoms with Crippen LogP contribution in [0.15, 0.2) is 41.3 Å². The van der Waals surface area contributed by atoms with Crippen molar-refractivity contribution in [3.05, 3.63) is 57.8 Å². The molecule has 1 aliphatic heterocycles. The third-order valence-corrected chi connectivity index (χ3v) is 6.67. The van der Waals surface area contributed by atoms with Gasteiger partial charge >= 0.3 is 0 Å². The van der Waals surface area contributed by atoms with Gasteiger partial charge in [0, 0.05) is 19.6 Å². The van der Waals surface area contributed by atoms with Gasteiger partial charge in [-0.1, -0.05) is 40.9 Å². The molecule has 1 aromatic carbocycles. The summed E-state index contributed by atoms with van der Waals surface area (Å²) in [5, 5.41) is 0.448. The molecular formula is C19H21Cl2N3O3S. The molecule has 150 valence electrons. The van der Waals surface area contributed by atoms with Crippen molar-refractivity contribution < 1.29 is 13.2 Å². The number of likely N-dealkylation sites (tertiary alicyclic amines) is 1. The smallest absolute Gasteiger partial charge is 0.274 e. The fraction of sp³-hybridized carbons (Fsp3) is 0.368. The first-order valence-electron chi connectivity index (χ1n) is 8.94. The predicted octanol–water partition coefficient (Wildman–Crippen LogP) is 3.53. The van der Waals surface area contributed by atoms with E-state index in [1.807, 2.05) is 6.92 Å². The molecule has 1 atom stereocenters. The van der Waals surface area contributed by atoms with Crippen LogP contribution in [0.1, 0.15) is 28.9 Å². The highest BCUT2D eigenvalue weighted by atomic mass is 35.5. The monoisotopic (exact) mass is 441 g/mol. The minimum absolute atomic E-state index is 0.0101. The van der Waals surface area contributed by atoms with Crippen LogP contribution >= 0.6 is 23.2 Å². The van der Waals surface area contributed by atoms with Gasteiger partial charge in [0.25, 0.3) is 5.91 Å². The molecule has 0 aliphatic carbocycles. The van der Waals surface area contributed by atoms with Crippen molar-refractivity contribution in [3.63, 3.8) is 0 Å². The number of hydrogen-bond acceptors (Lipinski definition) is 4. The lowest BCUT2D eigenvalue weighted by Gasteiger charge is -2.32. The van der Waals surface area contributed by atoms with Gasteiger partial charge in [-0.15, -0.1) is 0 Å². The number of aromatic nitrogens is 1. The summed E-state index contributed by atoms with van der Waals surface area (Å²) in [6.07, 6.45) is 1.61. The molecule has 9 heteroatoms. The lowest BCUT2D eigenvalue weighted by molar-refractivity contribution is 0.0670. The number of hydrogen-bond donors (Lipinski definition) is 1. The van der Waals surface area contributed by atoms with Gasteiger partial charge in [-0.25, -0.2) is 18.1 Å². The molecule has 28 heavy (non-hydrogen) atoms. The minimum atomic E-state index is -3.58. The molecule has 1 amide bonds. The number of amides is 1. The third-order valence-electron chi connectivity index (χ3n) is 4.71. The molecular weight excluding hydrogens is 421 g/mol. The van der Waals surface area contributed by atoms with Crippen LogP contribution in [0, 0.1) is 12.8 Å². The van der Waals surface area contributed by atoms with Crippen molar-refractivity contribution in [2.24, 2.45) is 5.92 Å². The first-order chi connectivity index (χ1) is 13.3. The van der Waals surface area contributed by atoms with E-state index in [1.165, 1.54) is 6.07 Å². The Kier molecular flexibility index (Phi) is 6.60. The normalized spacial score (nSPS) is 17.5. The highest BCUT2D eigenvalue weighted by Crippen LogP contribution is 2.23. The number of aryl methyl sites for hydroxylation is 1. The zero-order valence-electron chi connectivity index (χ0n) is 15.4. The summed E-state index contributed by atoms with van der Waals surface area (Å²) < 4.78 is 27.6. The minimum Gasteiger partial charge on any atom is -0.337 e. The Hall–Kier alpha value is -1.67. The maximum Gasteiger partial charge on any atom is 0.274 e. The Balaban J connectivity index is 1.64. The van der Waals surface area contributed by atoms with Gasteiger partial charge in [-0.2, -0.15) is 0 Å². The van der Waals surface area contributed by atoms with Gasteiger partial charge in [0.1, 0.15) is 10.8 Å². The number of pyridine rings is 1. The van der Waals surface area contributed by atoms with Crippen molar-refractivity contribution >= 4 is 39.1 Å². The Labute approximate surface area is 174 Å². The molecule has 1 aliphatic rings. The van der Waals surface area contributed by atoms with Crippen molar-refractivity contribution in [3.8, 4) is 0 Å². The number of benzene rings is 1. The summed E-state index contributed by atoms with van der Waals surface area (Å²) in [6.45, 7) is 3.17. The van der Waals surface area contributed by atoms with E-state index in [9.17, 15) is 13.2 Å². The largest absolute Gasteiger partial charge is 0.337 e. The summed E-state index contributed by atoms with van der Waals surface area (Å²) >= 11 is 12.0. The molecule has 1 aromatic heterocycles. The van der Waals surface area contributed by atoms with E-state index in [4.69, 9.17) is 23.2 Å². The number of carbonyl (C=O) groups excluding carboxylic acids is 1. The van der Waals surface area contributed by atoms with E-state index >= 15 is 0 Å². The van der Waals surface area contributed by atoms with Crippen LogP contribution in [0.2, 0.25) is 10.2 Å². The van der Waals surface area contributed by atoms with E-state index in [2.05, 4.69) is 9.71 Å². The zero-order chi connectivity index (χ0) is 20.3. The van der Waals surface area contributed by atoms with Crippen LogP contribution < -0.4 is 4.72 Å². The molecule has 1 saturated heterocycles. The Morgan fingerprint density at radius 1 is 1.21 bits per heavy atom. The Morgan fingerprint density at radius 2 is 1.93 bits per heavy atom. The van der Waals surface area contributed by atoms with E-state index < -0.39 is 10.0 Å². The summed E-state index contributed by atoms with van der Waals surface area (Å²) in [5.74, 6) is -0.283. The van der Waals surface area contributed by atoms with Crippen LogP contribution in [-0.4, -0.2) is 43.8 Å². The van der Waals surface area contributed by atoms with Crippen LogP contribution in [0.3, 0.4) is 0 Å². The Bertz CT molecular complexity index is 965. The molecule has 3 rings (SSSR count). The highest BCUT2D eigenvalue weighted by molar-refractivity contribution is 7.89. The summed E-state index contributed by atoms with van der Waals surface area (Å²) in [7, 11) is -3.58. The van der Waals surface area contributed by atoms with E-state index in [0.717, 1.165) is 18.4 Å². The summed E-state index contributed by atoms with van der Waals surface area (Å²) in [6, 6.07) is 9.76. The molecule has 6 nitrogen and oxygen atoms in total. The molecule has 1 fully saturated rings. The van der Waals surface area contributed by atoms with Gasteiger partial charge in [0.15, 0.2) is 0 Å². The van der Waals surface area contributed by atoms with Gasteiger partial charge in [-0.05, 0) is 49.9 Å². The maximum atomic E-state index is 12.8. The molecule has 2 heterocycles. The van der Waals surface area contributed by atoms with Crippen molar-refractivity contribution in [1.29, 1.82) is 0 Å². The average Bonchev–Trinajstić information content (AvgIpc) is 2.68. The fourth-order valence-corrected chi connectivity index (χ4v) is 4.61. The molecule has 1 unspecified atom stereocenters. The van der Waals surface area contributed by atoms with E-state index in [0.29, 0.717) is 13.1 Å². The van der Waals surface area contributed by atoms with Gasteiger partial charge in [-0.3, -0.25) is 4.79 Å². The lowest BCUT2D eigenvalue weighted by Crippen LogP contribution is -2.44. The number of sulfonamides is 1. The number of halogens is 2. The summed E-state index contributed by atoms with van der Waals surface area (Å²) in [4.78, 5) is 18.7. The van der Waals surface area contributed by atoms with Gasteiger partial charge in [0.2, 0.25) is 10.0 Å². The quantitative estimate of drug-likeness (QED) is 0.719. The molecule has 1 N–H and O–H groups in total. The predicted molar refractivity (Wildman–Crippen MR) is 109 cm³/mol. The van der Waals surface area contributed by atoms with Crippen molar-refractivity contribution in [2.75, 3.05) is 19.6 Å². The topological polar surface area (TPSA) is 79.4 Å². The lowest BCUT2D eigenvalue weighted by atomic mass is 9.98. The van der Waals surface area contributed by atoms with Crippen molar-refractivity contribution in [2.45, 2.75) is 24.7 Å². The zero-order valence-corrected chi connectivity index (χ0v) is 17.7. The standard InChI is InChI=1S/C19H21Cl2N3O3S/c1-13-4-6-15(7-5-13)28(26,27)22-11-14-3-2-10-24(12-14)19(25)18-16(20)8-9-17(21)23-18/h4-9,14,22H,2-3,10-12H2,1H3. The maximum absolute atomic E-state index is 12.8. The first-order valence-corrected chi connectivity index (χ1v) is 11.2. The SMILES string of the molecule is Cc1ccc(S(=O)(=O)NCC2CCCN(C(=O)c3nc(Cl)ccc3Cl)C2)cc1. The summed E-state index contributed by atoms with van der Waals surface area (Å²) in [5.41, 5.74) is 1.11. The molecule has 0 bridgehead atoms. The molecule has 0 spiro atoms. The second kappa shape index (κ2) is 8.78. The highest BCUT2D eigenvalue weighted by Gasteiger charge is 2.27. The number of rotatable bonds is 5. The van der Waals surface area contributed by atoms with E-state index in [1.54, 1.807) is 35.2 Å². The molecule has 2 aromatic rings. The first kappa shape index (κ1) is 21.0.